The first-order chi connectivity index (χ1) is 9.72. The van der Waals surface area contributed by atoms with Gasteiger partial charge in [0, 0.05) is 5.56 Å². The van der Waals surface area contributed by atoms with Crippen LogP contribution in [0, 0.1) is 0 Å². The van der Waals surface area contributed by atoms with Crippen molar-refractivity contribution < 1.29 is 4.79 Å². The monoisotopic (exact) mass is 299 g/mol. The van der Waals surface area contributed by atoms with E-state index in [2.05, 4.69) is 11.1 Å². The zero-order valence-electron chi connectivity index (χ0n) is 10.4. The molecule has 0 saturated carbocycles. The summed E-state index contributed by atoms with van der Waals surface area (Å²) in [5.41, 5.74) is 2.52. The molecule has 2 aromatic carbocycles. The van der Waals surface area contributed by atoms with Crippen molar-refractivity contribution in [2.45, 2.75) is 0 Å². The highest BCUT2D eigenvalue weighted by atomic mass is 35.5. The first-order valence-corrected chi connectivity index (χ1v) is 7.25. The largest absolute Gasteiger partial charge is 0.276 e. The number of halogens is 1. The quantitative estimate of drug-likeness (QED) is 0.647. The molecule has 0 radical (unpaired) electrons. The van der Waals surface area contributed by atoms with Crippen LogP contribution in [0.1, 0.15) is 20.9 Å². The zero-order valence-corrected chi connectivity index (χ0v) is 12.0. The second kappa shape index (κ2) is 5.57. The molecule has 0 amide bonds. The van der Waals surface area contributed by atoms with Gasteiger partial charge in [-0.25, -0.2) is 4.98 Å². The lowest BCUT2D eigenvalue weighted by Gasteiger charge is -1.95. The van der Waals surface area contributed by atoms with E-state index in [0.29, 0.717) is 5.56 Å². The van der Waals surface area contributed by atoms with Crippen molar-refractivity contribution in [1.82, 2.24) is 4.98 Å². The number of carbonyl (C=O) groups excluding carboxylic acids is 1. The lowest BCUT2D eigenvalue weighted by Crippen LogP contribution is -1.87. The van der Waals surface area contributed by atoms with Crippen LogP contribution in [-0.2, 0) is 0 Å². The molecule has 0 aliphatic carbocycles. The number of hydrogen-bond donors (Lipinski definition) is 0. The van der Waals surface area contributed by atoms with Crippen molar-refractivity contribution in [3.05, 3.63) is 64.7 Å². The molecule has 0 aliphatic heterocycles. The molecular formula is C16H10ClNOS. The van der Waals surface area contributed by atoms with Crippen LogP contribution in [0.2, 0.25) is 0 Å². The van der Waals surface area contributed by atoms with Gasteiger partial charge in [-0.1, -0.05) is 30.3 Å². The van der Waals surface area contributed by atoms with Gasteiger partial charge < -0.3 is 0 Å². The molecule has 0 saturated heterocycles. The van der Waals surface area contributed by atoms with Gasteiger partial charge in [0.25, 0.3) is 5.24 Å². The van der Waals surface area contributed by atoms with E-state index in [9.17, 15) is 4.79 Å². The van der Waals surface area contributed by atoms with Gasteiger partial charge >= 0.3 is 0 Å². The molecule has 0 bridgehead atoms. The van der Waals surface area contributed by atoms with E-state index in [0.717, 1.165) is 16.1 Å². The highest BCUT2D eigenvalue weighted by molar-refractivity contribution is 7.19. The Morgan fingerprint density at radius 2 is 1.80 bits per heavy atom. The number of benzene rings is 2. The Labute approximate surface area is 125 Å². The third-order valence-corrected chi connectivity index (χ3v) is 4.09. The van der Waals surface area contributed by atoms with Crippen LogP contribution in [0.3, 0.4) is 0 Å². The van der Waals surface area contributed by atoms with E-state index >= 15 is 0 Å². The summed E-state index contributed by atoms with van der Waals surface area (Å²) in [4.78, 5) is 15.5. The fourth-order valence-electron chi connectivity index (χ4n) is 1.85. The summed E-state index contributed by atoms with van der Waals surface area (Å²) in [6.45, 7) is 0. The Hall–Kier alpha value is -1.97. The molecule has 0 atom stereocenters. The average Bonchev–Trinajstić information content (AvgIpc) is 2.88. The fraction of sp³-hybridized carbons (Fsp3) is 0. The van der Waals surface area contributed by atoms with E-state index in [1.165, 1.54) is 4.70 Å². The Morgan fingerprint density at radius 1 is 1.05 bits per heavy atom. The van der Waals surface area contributed by atoms with Crippen LogP contribution in [0.4, 0.5) is 0 Å². The number of aromatic nitrogens is 1. The van der Waals surface area contributed by atoms with Crippen molar-refractivity contribution in [2.75, 3.05) is 0 Å². The Balaban J connectivity index is 1.84. The van der Waals surface area contributed by atoms with Gasteiger partial charge in [-0.2, -0.15) is 0 Å². The smallest absolute Gasteiger partial charge is 0.252 e. The second-order valence-corrected chi connectivity index (χ2v) is 5.65. The maximum absolute atomic E-state index is 11.0. The lowest BCUT2D eigenvalue weighted by atomic mass is 10.1. The molecule has 2 nitrogen and oxygen atoms in total. The highest BCUT2D eigenvalue weighted by Gasteiger charge is 2.01. The summed E-state index contributed by atoms with van der Waals surface area (Å²) in [6, 6.07) is 15.2. The molecule has 98 valence electrons. The Morgan fingerprint density at radius 3 is 2.50 bits per heavy atom. The minimum atomic E-state index is -0.438. The Bertz CT molecular complexity index is 757. The van der Waals surface area contributed by atoms with Crippen LogP contribution in [0.5, 0.6) is 0 Å². The van der Waals surface area contributed by atoms with Gasteiger partial charge in [0.2, 0.25) is 0 Å². The topological polar surface area (TPSA) is 30.0 Å². The third kappa shape index (κ3) is 2.79. The minimum Gasteiger partial charge on any atom is -0.276 e. The standard InChI is InChI=1S/C16H10ClNOS/c17-16(19)12-8-5-11(6-9-12)7-10-15-18-13-3-1-2-4-14(13)20-15/h1-10H. The fourth-order valence-corrected chi connectivity index (χ4v) is 2.85. The molecule has 4 heteroatoms. The van der Waals surface area contributed by atoms with Crippen molar-refractivity contribution >= 4 is 50.5 Å². The van der Waals surface area contributed by atoms with Gasteiger partial charge in [-0.05, 0) is 47.5 Å². The second-order valence-electron chi connectivity index (χ2n) is 4.25. The van der Waals surface area contributed by atoms with Crippen LogP contribution < -0.4 is 0 Å². The van der Waals surface area contributed by atoms with Gasteiger partial charge in [0.1, 0.15) is 5.01 Å². The summed E-state index contributed by atoms with van der Waals surface area (Å²) >= 11 is 7.06. The first kappa shape index (κ1) is 13.0. The molecule has 1 aromatic heterocycles. The molecule has 0 aliphatic rings. The van der Waals surface area contributed by atoms with Gasteiger partial charge in [-0.3, -0.25) is 4.79 Å². The van der Waals surface area contributed by atoms with Crippen molar-refractivity contribution in [3.63, 3.8) is 0 Å². The van der Waals surface area contributed by atoms with E-state index in [1.54, 1.807) is 23.5 Å². The number of carbonyl (C=O) groups is 1. The zero-order chi connectivity index (χ0) is 13.9. The van der Waals surface area contributed by atoms with Gasteiger partial charge in [-0.15, -0.1) is 11.3 Å². The molecule has 1 heterocycles. The SMILES string of the molecule is O=C(Cl)c1ccc(C=Cc2nc3ccccc3s2)cc1. The summed E-state index contributed by atoms with van der Waals surface area (Å²) in [5, 5.41) is 0.524. The predicted octanol–water partition coefficient (Wildman–Crippen LogP) is 4.85. The lowest BCUT2D eigenvalue weighted by molar-refractivity contribution is 0.108. The molecule has 3 rings (SSSR count). The van der Waals surface area contributed by atoms with Crippen LogP contribution in [0.25, 0.3) is 22.4 Å². The van der Waals surface area contributed by atoms with Crippen molar-refractivity contribution in [3.8, 4) is 0 Å². The van der Waals surface area contributed by atoms with E-state index in [4.69, 9.17) is 11.6 Å². The molecule has 0 spiro atoms. The summed E-state index contributed by atoms with van der Waals surface area (Å²) < 4.78 is 1.18. The van der Waals surface area contributed by atoms with Crippen LogP contribution >= 0.6 is 22.9 Å². The van der Waals surface area contributed by atoms with E-state index < -0.39 is 5.24 Å². The molecule has 0 N–H and O–H groups in total. The average molecular weight is 300 g/mol. The number of rotatable bonds is 3. The number of hydrogen-bond acceptors (Lipinski definition) is 3. The van der Waals surface area contributed by atoms with Gasteiger partial charge in [0.15, 0.2) is 0 Å². The van der Waals surface area contributed by atoms with Crippen molar-refractivity contribution in [1.29, 1.82) is 0 Å². The third-order valence-electron chi connectivity index (χ3n) is 2.87. The maximum atomic E-state index is 11.0. The number of thiazole rings is 1. The molecular weight excluding hydrogens is 290 g/mol. The van der Waals surface area contributed by atoms with Crippen LogP contribution in [0.15, 0.2) is 48.5 Å². The predicted molar refractivity (Wildman–Crippen MR) is 85.2 cm³/mol. The number of nitrogens with zero attached hydrogens (tertiary/aromatic N) is 1. The summed E-state index contributed by atoms with van der Waals surface area (Å²) in [7, 11) is 0. The normalized spacial score (nSPS) is 11.2. The number of para-hydroxylation sites is 1. The highest BCUT2D eigenvalue weighted by Crippen LogP contribution is 2.23. The first-order valence-electron chi connectivity index (χ1n) is 6.06. The van der Waals surface area contributed by atoms with Gasteiger partial charge in [0.05, 0.1) is 10.2 Å². The van der Waals surface area contributed by atoms with Crippen LogP contribution in [-0.4, -0.2) is 10.2 Å². The van der Waals surface area contributed by atoms with E-state index in [-0.39, 0.29) is 0 Å². The number of fused-ring (bicyclic) bond motifs is 1. The molecule has 0 fully saturated rings. The Kier molecular flexibility index (Phi) is 3.63. The minimum absolute atomic E-state index is 0.438. The molecule has 0 unspecified atom stereocenters. The summed E-state index contributed by atoms with van der Waals surface area (Å²) in [5.74, 6) is 0. The molecule has 3 aromatic rings. The summed E-state index contributed by atoms with van der Waals surface area (Å²) in [6.07, 6.45) is 3.95. The molecule has 20 heavy (non-hydrogen) atoms. The van der Waals surface area contributed by atoms with Crippen molar-refractivity contribution in [2.24, 2.45) is 0 Å². The maximum Gasteiger partial charge on any atom is 0.252 e. The van der Waals surface area contributed by atoms with E-state index in [1.807, 2.05) is 42.5 Å².